The Bertz CT molecular complexity index is 1140. The lowest BCUT2D eigenvalue weighted by Crippen LogP contribution is -2.41. The molecular formula is C17H13ClN4O5S. The van der Waals surface area contributed by atoms with Crippen molar-refractivity contribution in [2.75, 3.05) is 4.31 Å². The molecule has 3 rings (SSSR count). The van der Waals surface area contributed by atoms with Gasteiger partial charge in [0.2, 0.25) is 0 Å². The molecule has 0 aliphatic rings. The zero-order valence-electron chi connectivity index (χ0n) is 14.0. The van der Waals surface area contributed by atoms with Gasteiger partial charge in [-0.2, -0.15) is 9.40 Å². The van der Waals surface area contributed by atoms with Crippen LogP contribution in [0, 0.1) is 0 Å². The SMILES string of the molecule is NC(=O)N(c1cc(Cl)ccc1C(=O)O)S(=O)(=O)c1ccc(-c2ccn[nH]2)cc1. The summed E-state index contributed by atoms with van der Waals surface area (Å²) in [6, 6.07) is 9.29. The predicted octanol–water partition coefficient (Wildman–Crippen LogP) is 2.70. The number of halogens is 1. The molecule has 0 saturated heterocycles. The molecule has 28 heavy (non-hydrogen) atoms. The zero-order chi connectivity index (χ0) is 20.5. The number of aromatic amines is 1. The molecule has 11 heteroatoms. The number of urea groups is 1. The van der Waals surface area contributed by atoms with Crippen molar-refractivity contribution in [3.63, 3.8) is 0 Å². The van der Waals surface area contributed by atoms with Crippen LogP contribution in [0.4, 0.5) is 10.5 Å². The van der Waals surface area contributed by atoms with Gasteiger partial charge in [-0.25, -0.2) is 18.0 Å². The third-order valence-electron chi connectivity index (χ3n) is 3.81. The topological polar surface area (TPSA) is 146 Å². The minimum atomic E-state index is -4.50. The van der Waals surface area contributed by atoms with E-state index in [2.05, 4.69) is 10.2 Å². The number of anilines is 1. The van der Waals surface area contributed by atoms with Crippen molar-refractivity contribution in [2.45, 2.75) is 4.90 Å². The van der Waals surface area contributed by atoms with Gasteiger partial charge in [0.1, 0.15) is 0 Å². The first-order chi connectivity index (χ1) is 13.2. The van der Waals surface area contributed by atoms with E-state index in [1.54, 1.807) is 12.3 Å². The Hall–Kier alpha value is -3.37. The van der Waals surface area contributed by atoms with Gasteiger partial charge < -0.3 is 10.8 Å². The number of rotatable bonds is 5. The quantitative estimate of drug-likeness (QED) is 0.578. The number of carbonyl (C=O) groups excluding carboxylic acids is 1. The van der Waals surface area contributed by atoms with Crippen molar-refractivity contribution in [2.24, 2.45) is 5.73 Å². The lowest BCUT2D eigenvalue weighted by molar-refractivity contribution is 0.0698. The normalized spacial score (nSPS) is 11.2. The first-order valence-corrected chi connectivity index (χ1v) is 9.51. The minimum Gasteiger partial charge on any atom is -0.478 e. The maximum Gasteiger partial charge on any atom is 0.337 e. The maximum absolute atomic E-state index is 13.0. The summed E-state index contributed by atoms with van der Waals surface area (Å²) in [5.41, 5.74) is 5.71. The fraction of sp³-hybridized carbons (Fsp3) is 0. The van der Waals surface area contributed by atoms with E-state index in [0.717, 1.165) is 12.1 Å². The second kappa shape index (κ2) is 7.33. The van der Waals surface area contributed by atoms with Gasteiger partial charge >= 0.3 is 12.0 Å². The van der Waals surface area contributed by atoms with Crippen molar-refractivity contribution in [1.82, 2.24) is 10.2 Å². The average molecular weight is 421 g/mol. The minimum absolute atomic E-state index is 0.0380. The molecular weight excluding hydrogens is 408 g/mol. The molecule has 2 aromatic carbocycles. The van der Waals surface area contributed by atoms with Crippen molar-refractivity contribution in [3.8, 4) is 11.3 Å². The van der Waals surface area contributed by atoms with Gasteiger partial charge in [-0.1, -0.05) is 23.7 Å². The van der Waals surface area contributed by atoms with E-state index >= 15 is 0 Å². The molecule has 0 fully saturated rings. The van der Waals surface area contributed by atoms with E-state index in [-0.39, 0.29) is 14.2 Å². The summed E-state index contributed by atoms with van der Waals surface area (Å²) in [6.07, 6.45) is 1.54. The van der Waals surface area contributed by atoms with Crippen LogP contribution < -0.4 is 10.0 Å². The smallest absolute Gasteiger partial charge is 0.337 e. The molecule has 0 saturated carbocycles. The van der Waals surface area contributed by atoms with E-state index in [1.165, 1.54) is 30.3 Å². The third kappa shape index (κ3) is 3.55. The Morgan fingerprint density at radius 3 is 2.32 bits per heavy atom. The third-order valence-corrected chi connectivity index (χ3v) is 5.77. The van der Waals surface area contributed by atoms with Crippen molar-refractivity contribution >= 4 is 39.3 Å². The average Bonchev–Trinajstić information content (AvgIpc) is 3.16. The summed E-state index contributed by atoms with van der Waals surface area (Å²) >= 11 is 5.87. The van der Waals surface area contributed by atoms with Gasteiger partial charge in [-0.15, -0.1) is 0 Å². The van der Waals surface area contributed by atoms with Crippen LogP contribution in [-0.4, -0.2) is 35.7 Å². The van der Waals surface area contributed by atoms with Crippen LogP contribution in [0.3, 0.4) is 0 Å². The van der Waals surface area contributed by atoms with Crippen molar-refractivity contribution in [3.05, 3.63) is 65.3 Å². The first kappa shape index (κ1) is 19.4. The fourth-order valence-electron chi connectivity index (χ4n) is 2.55. The molecule has 1 aromatic heterocycles. The standard InChI is InChI=1S/C17H13ClN4O5S/c18-11-3-6-13(16(23)24)15(9-11)22(17(19)25)28(26,27)12-4-1-10(2-5-12)14-7-8-20-21-14/h1-9H,(H2,19,25)(H,20,21)(H,23,24). The molecule has 0 atom stereocenters. The van der Waals surface area contributed by atoms with Gasteiger partial charge in [-0.05, 0) is 42.0 Å². The molecule has 0 bridgehead atoms. The van der Waals surface area contributed by atoms with Crippen LogP contribution in [0.25, 0.3) is 11.3 Å². The second-order valence-corrected chi connectivity index (χ2v) is 7.79. The van der Waals surface area contributed by atoms with Crippen molar-refractivity contribution < 1.29 is 23.1 Å². The first-order valence-electron chi connectivity index (χ1n) is 7.69. The number of nitrogens with zero attached hydrogens (tertiary/aromatic N) is 2. The number of carboxylic acids is 1. The molecule has 0 aliphatic carbocycles. The number of carbonyl (C=O) groups is 2. The number of nitrogens with one attached hydrogen (secondary N) is 1. The Balaban J connectivity index is 2.11. The van der Waals surface area contributed by atoms with Crippen LogP contribution in [0.1, 0.15) is 10.4 Å². The predicted molar refractivity (Wildman–Crippen MR) is 102 cm³/mol. The van der Waals surface area contributed by atoms with Gasteiger partial charge in [0.05, 0.1) is 21.8 Å². The van der Waals surface area contributed by atoms with E-state index < -0.39 is 33.3 Å². The van der Waals surface area contributed by atoms with Gasteiger partial charge in [0, 0.05) is 11.2 Å². The van der Waals surface area contributed by atoms with Gasteiger partial charge in [0.25, 0.3) is 10.0 Å². The second-order valence-electron chi connectivity index (χ2n) is 5.57. The van der Waals surface area contributed by atoms with Crippen LogP contribution in [0.5, 0.6) is 0 Å². The molecule has 3 aromatic rings. The van der Waals surface area contributed by atoms with Crippen LogP contribution in [-0.2, 0) is 10.0 Å². The number of aromatic nitrogens is 2. The summed E-state index contributed by atoms with van der Waals surface area (Å²) in [6.45, 7) is 0. The van der Waals surface area contributed by atoms with E-state index in [1.807, 2.05) is 0 Å². The number of benzene rings is 2. The van der Waals surface area contributed by atoms with E-state index in [4.69, 9.17) is 17.3 Å². The summed E-state index contributed by atoms with van der Waals surface area (Å²) < 4.78 is 26.3. The molecule has 0 spiro atoms. The van der Waals surface area contributed by atoms with Gasteiger partial charge in [-0.3, -0.25) is 5.10 Å². The highest BCUT2D eigenvalue weighted by molar-refractivity contribution is 7.93. The summed E-state index contributed by atoms with van der Waals surface area (Å²) in [4.78, 5) is 23.2. The number of carboxylic acid groups (broad SMARTS) is 1. The lowest BCUT2D eigenvalue weighted by atomic mass is 10.2. The number of aromatic carboxylic acids is 1. The fourth-order valence-corrected chi connectivity index (χ4v) is 4.05. The maximum atomic E-state index is 13.0. The molecule has 0 radical (unpaired) electrons. The Labute approximate surface area is 164 Å². The number of sulfonamides is 1. The molecule has 1 heterocycles. The van der Waals surface area contributed by atoms with Gasteiger partial charge in [0.15, 0.2) is 0 Å². The molecule has 4 N–H and O–H groups in total. The van der Waals surface area contributed by atoms with Crippen LogP contribution >= 0.6 is 11.6 Å². The number of H-pyrrole nitrogens is 1. The lowest BCUT2D eigenvalue weighted by Gasteiger charge is -2.22. The number of amides is 2. The highest BCUT2D eigenvalue weighted by Gasteiger charge is 2.32. The number of primary amides is 1. The van der Waals surface area contributed by atoms with Crippen LogP contribution in [0.15, 0.2) is 59.6 Å². The Morgan fingerprint density at radius 2 is 1.79 bits per heavy atom. The van der Waals surface area contributed by atoms with E-state index in [9.17, 15) is 23.1 Å². The largest absolute Gasteiger partial charge is 0.478 e. The number of hydrogen-bond donors (Lipinski definition) is 3. The monoisotopic (exact) mass is 420 g/mol. The molecule has 2 amide bonds. The zero-order valence-corrected chi connectivity index (χ0v) is 15.6. The highest BCUT2D eigenvalue weighted by atomic mass is 35.5. The summed E-state index contributed by atoms with van der Waals surface area (Å²) in [5, 5.41) is 15.9. The molecule has 9 nitrogen and oxygen atoms in total. The summed E-state index contributed by atoms with van der Waals surface area (Å²) in [7, 11) is -4.50. The van der Waals surface area contributed by atoms with Crippen molar-refractivity contribution in [1.29, 1.82) is 0 Å². The molecule has 144 valence electrons. The Kier molecular flexibility index (Phi) is 5.08. The summed E-state index contributed by atoms with van der Waals surface area (Å²) in [5.74, 6) is -1.44. The van der Waals surface area contributed by atoms with Crippen LogP contribution in [0.2, 0.25) is 5.02 Å². The molecule has 0 aliphatic heterocycles. The van der Waals surface area contributed by atoms with E-state index in [0.29, 0.717) is 11.3 Å². The Morgan fingerprint density at radius 1 is 1.11 bits per heavy atom. The highest BCUT2D eigenvalue weighted by Crippen LogP contribution is 2.30. The number of hydrogen-bond acceptors (Lipinski definition) is 5. The number of nitrogens with two attached hydrogens (primary N) is 1. The molecule has 0 unspecified atom stereocenters.